The highest BCUT2D eigenvalue weighted by atomic mass is 19.1. The lowest BCUT2D eigenvalue weighted by Crippen LogP contribution is -2.41. The van der Waals surface area contributed by atoms with Crippen LogP contribution in [0, 0.1) is 5.82 Å². The van der Waals surface area contributed by atoms with Gasteiger partial charge in [0.05, 0.1) is 6.61 Å². The second kappa shape index (κ2) is 7.20. The van der Waals surface area contributed by atoms with Gasteiger partial charge in [-0.2, -0.15) is 0 Å². The zero-order valence-electron chi connectivity index (χ0n) is 12.0. The Hall–Kier alpha value is -2.18. The molecule has 1 aromatic carbocycles. The molecule has 0 amide bonds. The molecule has 6 heteroatoms. The lowest BCUT2D eigenvalue weighted by Gasteiger charge is -2.23. The van der Waals surface area contributed by atoms with E-state index in [0.717, 1.165) is 13.1 Å². The van der Waals surface area contributed by atoms with E-state index in [2.05, 4.69) is 10.3 Å². The van der Waals surface area contributed by atoms with Crippen LogP contribution in [0.5, 0.6) is 17.4 Å². The number of benzene rings is 1. The molecule has 1 atom stereocenters. The molecule has 0 spiro atoms. The van der Waals surface area contributed by atoms with Gasteiger partial charge in [0.2, 0.25) is 0 Å². The summed E-state index contributed by atoms with van der Waals surface area (Å²) in [6.45, 7) is 2.72. The molecule has 1 aliphatic rings. The molecule has 22 heavy (non-hydrogen) atoms. The number of nitrogens with zero attached hydrogens (tertiary/aromatic N) is 1. The standard InChI is InChI=1S/C16H17FN2O3/c17-12-3-5-13(6-4-12)22-16-15(2-1-7-19-16)21-11-14-10-18-8-9-20-14/h1-7,14,18H,8-11H2. The van der Waals surface area contributed by atoms with Crippen LogP contribution in [0.15, 0.2) is 42.6 Å². The molecule has 1 N–H and O–H groups in total. The van der Waals surface area contributed by atoms with E-state index < -0.39 is 0 Å². The van der Waals surface area contributed by atoms with Crippen molar-refractivity contribution in [3.8, 4) is 17.4 Å². The van der Waals surface area contributed by atoms with Crippen molar-refractivity contribution in [1.29, 1.82) is 0 Å². The molecule has 1 saturated heterocycles. The smallest absolute Gasteiger partial charge is 0.262 e. The van der Waals surface area contributed by atoms with Crippen molar-refractivity contribution in [3.05, 3.63) is 48.4 Å². The average molecular weight is 304 g/mol. The number of pyridine rings is 1. The summed E-state index contributed by atoms with van der Waals surface area (Å²) < 4.78 is 29.9. The molecule has 1 aliphatic heterocycles. The van der Waals surface area contributed by atoms with Crippen molar-refractivity contribution >= 4 is 0 Å². The Bertz CT molecular complexity index is 601. The largest absolute Gasteiger partial charge is 0.485 e. The molecule has 1 unspecified atom stereocenters. The molecule has 2 aromatic rings. The van der Waals surface area contributed by atoms with Gasteiger partial charge in [0.15, 0.2) is 5.75 Å². The monoisotopic (exact) mass is 304 g/mol. The van der Waals surface area contributed by atoms with Crippen molar-refractivity contribution < 1.29 is 18.6 Å². The first kappa shape index (κ1) is 14.7. The quantitative estimate of drug-likeness (QED) is 0.919. The van der Waals surface area contributed by atoms with E-state index in [-0.39, 0.29) is 11.9 Å². The number of nitrogens with one attached hydrogen (secondary N) is 1. The van der Waals surface area contributed by atoms with Crippen LogP contribution in [0.25, 0.3) is 0 Å². The first-order valence-electron chi connectivity index (χ1n) is 7.15. The van der Waals surface area contributed by atoms with Crippen molar-refractivity contribution in [2.45, 2.75) is 6.10 Å². The lowest BCUT2D eigenvalue weighted by atomic mass is 10.3. The minimum absolute atomic E-state index is 0.00706. The van der Waals surface area contributed by atoms with E-state index in [0.29, 0.717) is 30.6 Å². The van der Waals surface area contributed by atoms with Gasteiger partial charge in [-0.3, -0.25) is 0 Å². The highest BCUT2D eigenvalue weighted by molar-refractivity contribution is 5.37. The highest BCUT2D eigenvalue weighted by Crippen LogP contribution is 2.29. The predicted octanol–water partition coefficient (Wildman–Crippen LogP) is 2.38. The third kappa shape index (κ3) is 3.93. The zero-order valence-corrected chi connectivity index (χ0v) is 12.0. The van der Waals surface area contributed by atoms with Gasteiger partial charge in [-0.15, -0.1) is 0 Å². The maximum atomic E-state index is 12.9. The number of rotatable bonds is 5. The number of hydrogen-bond acceptors (Lipinski definition) is 5. The molecule has 0 radical (unpaired) electrons. The van der Waals surface area contributed by atoms with Crippen LogP contribution < -0.4 is 14.8 Å². The zero-order chi connectivity index (χ0) is 15.2. The van der Waals surface area contributed by atoms with Crippen LogP contribution in [0.3, 0.4) is 0 Å². The van der Waals surface area contributed by atoms with E-state index in [1.807, 2.05) is 0 Å². The van der Waals surface area contributed by atoms with Gasteiger partial charge in [-0.25, -0.2) is 9.37 Å². The first-order valence-corrected chi connectivity index (χ1v) is 7.15. The van der Waals surface area contributed by atoms with Crippen molar-refractivity contribution in [2.24, 2.45) is 0 Å². The van der Waals surface area contributed by atoms with E-state index in [1.54, 1.807) is 30.5 Å². The maximum absolute atomic E-state index is 12.9. The van der Waals surface area contributed by atoms with Crippen LogP contribution in [-0.4, -0.2) is 37.4 Å². The molecule has 1 fully saturated rings. The van der Waals surface area contributed by atoms with Gasteiger partial charge >= 0.3 is 0 Å². The Labute approximate surface area is 128 Å². The SMILES string of the molecule is Fc1ccc(Oc2ncccc2OCC2CNCCO2)cc1. The summed E-state index contributed by atoms with van der Waals surface area (Å²) in [6.07, 6.45) is 1.62. The summed E-state index contributed by atoms with van der Waals surface area (Å²) in [5.41, 5.74) is 0. The Kier molecular flexibility index (Phi) is 4.82. The second-order valence-corrected chi connectivity index (χ2v) is 4.87. The fourth-order valence-electron chi connectivity index (χ4n) is 2.09. The molecule has 5 nitrogen and oxygen atoms in total. The van der Waals surface area contributed by atoms with Crippen molar-refractivity contribution in [2.75, 3.05) is 26.3 Å². The highest BCUT2D eigenvalue weighted by Gasteiger charge is 2.15. The van der Waals surface area contributed by atoms with Gasteiger partial charge in [0, 0.05) is 19.3 Å². The second-order valence-electron chi connectivity index (χ2n) is 4.87. The Morgan fingerprint density at radius 2 is 2.14 bits per heavy atom. The normalized spacial score (nSPS) is 18.0. The summed E-state index contributed by atoms with van der Waals surface area (Å²) in [7, 11) is 0. The molecule has 0 bridgehead atoms. The Morgan fingerprint density at radius 3 is 2.91 bits per heavy atom. The predicted molar refractivity (Wildman–Crippen MR) is 78.8 cm³/mol. The minimum atomic E-state index is -0.313. The van der Waals surface area contributed by atoms with E-state index in [9.17, 15) is 4.39 Å². The van der Waals surface area contributed by atoms with Gasteiger partial charge in [-0.1, -0.05) is 0 Å². The number of aromatic nitrogens is 1. The summed E-state index contributed by atoms with van der Waals surface area (Å²) >= 11 is 0. The Balaban J connectivity index is 1.65. The van der Waals surface area contributed by atoms with E-state index in [4.69, 9.17) is 14.2 Å². The van der Waals surface area contributed by atoms with Crippen LogP contribution in [0.1, 0.15) is 0 Å². The molecule has 0 aliphatic carbocycles. The van der Waals surface area contributed by atoms with Crippen LogP contribution in [0.2, 0.25) is 0 Å². The Morgan fingerprint density at radius 1 is 1.27 bits per heavy atom. The summed E-state index contributed by atoms with van der Waals surface area (Å²) in [6, 6.07) is 9.31. The fraction of sp³-hybridized carbons (Fsp3) is 0.312. The van der Waals surface area contributed by atoms with Crippen LogP contribution >= 0.6 is 0 Å². The van der Waals surface area contributed by atoms with Gasteiger partial charge in [-0.05, 0) is 36.4 Å². The fourth-order valence-corrected chi connectivity index (χ4v) is 2.09. The molecule has 116 valence electrons. The average Bonchev–Trinajstić information content (AvgIpc) is 2.57. The van der Waals surface area contributed by atoms with Crippen LogP contribution in [0.4, 0.5) is 4.39 Å². The molecule has 1 aromatic heterocycles. The topological polar surface area (TPSA) is 52.6 Å². The molecule has 2 heterocycles. The number of hydrogen-bond donors (Lipinski definition) is 1. The van der Waals surface area contributed by atoms with Crippen molar-refractivity contribution in [1.82, 2.24) is 10.3 Å². The van der Waals surface area contributed by atoms with Gasteiger partial charge in [0.1, 0.15) is 24.3 Å². The van der Waals surface area contributed by atoms with E-state index >= 15 is 0 Å². The van der Waals surface area contributed by atoms with Gasteiger partial charge < -0.3 is 19.5 Å². The summed E-state index contributed by atoms with van der Waals surface area (Å²) in [5, 5.41) is 3.24. The maximum Gasteiger partial charge on any atom is 0.262 e. The first-order chi connectivity index (χ1) is 10.8. The van der Waals surface area contributed by atoms with Crippen molar-refractivity contribution in [3.63, 3.8) is 0 Å². The molecular weight excluding hydrogens is 287 g/mol. The summed E-state index contributed by atoms with van der Waals surface area (Å²) in [5.74, 6) is 1.06. The summed E-state index contributed by atoms with van der Waals surface area (Å²) in [4.78, 5) is 4.16. The number of ether oxygens (including phenoxy) is 3. The van der Waals surface area contributed by atoms with Crippen LogP contribution in [-0.2, 0) is 4.74 Å². The third-order valence-electron chi connectivity index (χ3n) is 3.19. The van der Waals surface area contributed by atoms with Gasteiger partial charge in [0.25, 0.3) is 5.88 Å². The molecule has 3 rings (SSSR count). The minimum Gasteiger partial charge on any atom is -0.485 e. The number of halogens is 1. The molecular formula is C16H17FN2O3. The lowest BCUT2D eigenvalue weighted by molar-refractivity contribution is -0.000292. The van der Waals surface area contributed by atoms with E-state index in [1.165, 1.54) is 12.1 Å². The molecule has 0 saturated carbocycles. The number of morpholine rings is 1. The third-order valence-corrected chi connectivity index (χ3v) is 3.19.